The molecule has 2 aliphatic carbocycles. The van der Waals surface area contributed by atoms with Gasteiger partial charge in [0.25, 0.3) is 0 Å². The normalized spacial score (nSPS) is 18.0. The van der Waals surface area contributed by atoms with Crippen LogP contribution in [-0.2, 0) is 9.53 Å². The molecule has 0 aliphatic heterocycles. The molecule has 0 heterocycles. The lowest BCUT2D eigenvalue weighted by atomic mass is 9.83. The monoisotopic (exact) mass is 354 g/mol. The van der Waals surface area contributed by atoms with Crippen LogP contribution in [-0.4, -0.2) is 17.5 Å². The van der Waals surface area contributed by atoms with Crippen LogP contribution in [0.3, 0.4) is 0 Å². The zero-order valence-corrected chi connectivity index (χ0v) is 15.4. The molecule has 0 aromatic heterocycles. The summed E-state index contributed by atoms with van der Waals surface area (Å²) >= 11 is 0. The van der Waals surface area contributed by atoms with E-state index >= 15 is 0 Å². The lowest BCUT2D eigenvalue weighted by molar-refractivity contribution is -0.138. The Hall–Kier alpha value is -2.23. The lowest BCUT2D eigenvalue weighted by Crippen LogP contribution is -2.25. The molecule has 0 bridgehead atoms. The molecule has 26 heavy (non-hydrogen) atoms. The van der Waals surface area contributed by atoms with E-state index in [1.54, 1.807) is 31.2 Å². The van der Waals surface area contributed by atoms with Crippen LogP contribution in [0.25, 0.3) is 0 Å². The van der Waals surface area contributed by atoms with E-state index in [0.29, 0.717) is 29.0 Å². The number of benzene rings is 1. The SMILES string of the molecule is CCC(=O)OC1=C(CCCC2CCCCC2)C(=O)c2ccccc2C1=O. The van der Waals surface area contributed by atoms with Gasteiger partial charge in [-0.05, 0) is 18.8 Å². The van der Waals surface area contributed by atoms with Crippen molar-refractivity contribution in [3.05, 3.63) is 46.7 Å². The van der Waals surface area contributed by atoms with E-state index in [4.69, 9.17) is 4.74 Å². The Kier molecular flexibility index (Phi) is 6.02. The summed E-state index contributed by atoms with van der Waals surface area (Å²) in [5, 5.41) is 0. The number of rotatable bonds is 6. The third-order valence-electron chi connectivity index (χ3n) is 5.44. The molecular formula is C22H26O4. The van der Waals surface area contributed by atoms with Crippen LogP contribution in [0.15, 0.2) is 35.6 Å². The van der Waals surface area contributed by atoms with Crippen LogP contribution in [0.2, 0.25) is 0 Å². The molecular weight excluding hydrogens is 328 g/mol. The molecule has 2 aliphatic rings. The summed E-state index contributed by atoms with van der Waals surface area (Å²) in [6.07, 6.45) is 8.97. The first-order valence-corrected chi connectivity index (χ1v) is 9.74. The maximum absolute atomic E-state index is 12.9. The van der Waals surface area contributed by atoms with Crippen molar-refractivity contribution in [3.63, 3.8) is 0 Å². The van der Waals surface area contributed by atoms with E-state index in [1.807, 2.05) is 0 Å². The number of ether oxygens (including phenoxy) is 1. The number of carbonyl (C=O) groups excluding carboxylic acids is 3. The minimum atomic E-state index is -0.481. The Labute approximate surface area is 154 Å². The van der Waals surface area contributed by atoms with Gasteiger partial charge in [-0.2, -0.15) is 0 Å². The molecule has 0 atom stereocenters. The Bertz CT molecular complexity index is 738. The van der Waals surface area contributed by atoms with Gasteiger partial charge in [-0.25, -0.2) is 0 Å². The minimum Gasteiger partial charge on any atom is -0.422 e. The Morgan fingerprint density at radius 1 is 1.04 bits per heavy atom. The standard InChI is InChI=1S/C22H26O4/c1-2-19(23)26-22-18(14-8-11-15-9-4-3-5-10-15)20(24)16-12-6-7-13-17(16)21(22)25/h6-7,12-13,15H,2-5,8-11,14H2,1H3. The number of hydrogen-bond donors (Lipinski definition) is 0. The predicted octanol–water partition coefficient (Wildman–Crippen LogP) is 5.02. The molecule has 1 aromatic carbocycles. The molecule has 0 radical (unpaired) electrons. The number of ketones is 2. The van der Waals surface area contributed by atoms with E-state index in [0.717, 1.165) is 12.8 Å². The molecule has 0 spiro atoms. The van der Waals surface area contributed by atoms with Crippen LogP contribution in [0.4, 0.5) is 0 Å². The van der Waals surface area contributed by atoms with Crippen molar-refractivity contribution in [2.24, 2.45) is 5.92 Å². The summed E-state index contributed by atoms with van der Waals surface area (Å²) in [5.41, 5.74) is 1.11. The molecule has 0 amide bonds. The molecule has 4 heteroatoms. The first kappa shape index (κ1) is 18.6. The summed E-state index contributed by atoms with van der Waals surface area (Å²) in [6.45, 7) is 1.68. The van der Waals surface area contributed by atoms with Crippen LogP contribution in [0.5, 0.6) is 0 Å². The van der Waals surface area contributed by atoms with Crippen molar-refractivity contribution in [1.82, 2.24) is 0 Å². The zero-order chi connectivity index (χ0) is 18.5. The second-order valence-electron chi connectivity index (χ2n) is 7.24. The van der Waals surface area contributed by atoms with Crippen molar-refractivity contribution >= 4 is 17.5 Å². The van der Waals surface area contributed by atoms with Gasteiger partial charge in [-0.15, -0.1) is 0 Å². The fourth-order valence-corrected chi connectivity index (χ4v) is 3.97. The third-order valence-corrected chi connectivity index (χ3v) is 5.44. The highest BCUT2D eigenvalue weighted by atomic mass is 16.5. The van der Waals surface area contributed by atoms with Gasteiger partial charge in [-0.3, -0.25) is 14.4 Å². The quantitative estimate of drug-likeness (QED) is 0.673. The largest absolute Gasteiger partial charge is 0.422 e. The van der Waals surface area contributed by atoms with Gasteiger partial charge in [0.1, 0.15) is 0 Å². The van der Waals surface area contributed by atoms with Crippen molar-refractivity contribution in [1.29, 1.82) is 0 Å². The lowest BCUT2D eigenvalue weighted by Gasteiger charge is -2.23. The fourth-order valence-electron chi connectivity index (χ4n) is 3.97. The first-order chi connectivity index (χ1) is 12.6. The summed E-state index contributed by atoms with van der Waals surface area (Å²) < 4.78 is 5.31. The van der Waals surface area contributed by atoms with Crippen molar-refractivity contribution < 1.29 is 19.1 Å². The van der Waals surface area contributed by atoms with Crippen molar-refractivity contribution in [2.45, 2.75) is 64.7 Å². The summed E-state index contributed by atoms with van der Waals surface area (Å²) in [4.78, 5) is 37.5. The average molecular weight is 354 g/mol. The summed E-state index contributed by atoms with van der Waals surface area (Å²) in [7, 11) is 0. The maximum atomic E-state index is 12.9. The highest BCUT2D eigenvalue weighted by molar-refractivity contribution is 6.26. The van der Waals surface area contributed by atoms with Crippen molar-refractivity contribution in [3.8, 4) is 0 Å². The number of Topliss-reactive ketones (excluding diaryl/α,β-unsaturated/α-hetero) is 2. The highest BCUT2D eigenvalue weighted by Crippen LogP contribution is 2.32. The van der Waals surface area contributed by atoms with Crippen LogP contribution >= 0.6 is 0 Å². The first-order valence-electron chi connectivity index (χ1n) is 9.74. The predicted molar refractivity (Wildman–Crippen MR) is 98.9 cm³/mol. The van der Waals surface area contributed by atoms with Crippen LogP contribution in [0, 0.1) is 5.92 Å². The number of fused-ring (bicyclic) bond motifs is 1. The van der Waals surface area contributed by atoms with Crippen LogP contribution < -0.4 is 0 Å². The zero-order valence-electron chi connectivity index (χ0n) is 15.4. The van der Waals surface area contributed by atoms with E-state index < -0.39 is 5.97 Å². The Morgan fingerprint density at radius 3 is 2.35 bits per heavy atom. The number of hydrogen-bond acceptors (Lipinski definition) is 4. The minimum absolute atomic E-state index is 0.0517. The molecule has 1 aromatic rings. The topological polar surface area (TPSA) is 60.4 Å². The van der Waals surface area contributed by atoms with Gasteiger partial charge in [0, 0.05) is 23.1 Å². The molecule has 0 saturated heterocycles. The van der Waals surface area contributed by atoms with Gasteiger partial charge < -0.3 is 4.74 Å². The smallest absolute Gasteiger partial charge is 0.311 e. The number of esters is 1. The van der Waals surface area contributed by atoms with Gasteiger partial charge in [0.2, 0.25) is 5.78 Å². The summed E-state index contributed by atoms with van der Waals surface area (Å²) in [5.74, 6) is -0.348. The fraction of sp³-hybridized carbons (Fsp3) is 0.500. The number of allylic oxidation sites excluding steroid dienone is 2. The molecule has 3 rings (SSSR count). The second kappa shape index (κ2) is 8.43. The number of carbonyl (C=O) groups is 3. The Morgan fingerprint density at radius 2 is 1.69 bits per heavy atom. The van der Waals surface area contributed by atoms with Gasteiger partial charge in [-0.1, -0.05) is 69.7 Å². The second-order valence-corrected chi connectivity index (χ2v) is 7.24. The van der Waals surface area contributed by atoms with Gasteiger partial charge in [0.15, 0.2) is 11.5 Å². The average Bonchev–Trinajstić information content (AvgIpc) is 2.68. The maximum Gasteiger partial charge on any atom is 0.311 e. The van der Waals surface area contributed by atoms with Gasteiger partial charge in [0.05, 0.1) is 0 Å². The van der Waals surface area contributed by atoms with Crippen molar-refractivity contribution in [2.75, 3.05) is 0 Å². The molecule has 1 fully saturated rings. The van der Waals surface area contributed by atoms with E-state index in [9.17, 15) is 14.4 Å². The van der Waals surface area contributed by atoms with Gasteiger partial charge >= 0.3 is 5.97 Å². The summed E-state index contributed by atoms with van der Waals surface area (Å²) in [6, 6.07) is 6.77. The van der Waals surface area contributed by atoms with E-state index in [1.165, 1.54) is 32.1 Å². The third kappa shape index (κ3) is 3.95. The molecule has 0 unspecified atom stereocenters. The van der Waals surface area contributed by atoms with E-state index in [2.05, 4.69) is 0 Å². The molecule has 138 valence electrons. The van der Waals surface area contributed by atoms with E-state index in [-0.39, 0.29) is 23.7 Å². The molecule has 1 saturated carbocycles. The molecule has 4 nitrogen and oxygen atoms in total. The highest BCUT2D eigenvalue weighted by Gasteiger charge is 2.34. The molecule has 0 N–H and O–H groups in total. The Balaban J connectivity index is 1.81. The van der Waals surface area contributed by atoms with Crippen LogP contribution in [0.1, 0.15) is 85.4 Å².